The van der Waals surface area contributed by atoms with Gasteiger partial charge in [0, 0.05) is 12.4 Å². The predicted octanol–water partition coefficient (Wildman–Crippen LogP) is 2.06. The van der Waals surface area contributed by atoms with E-state index >= 15 is 0 Å². The van der Waals surface area contributed by atoms with Crippen molar-refractivity contribution in [3.8, 4) is 0 Å². The van der Waals surface area contributed by atoms with Gasteiger partial charge in [-0.2, -0.15) is 13.2 Å². The number of hydrogen-bond donors (Lipinski definition) is 0. The van der Waals surface area contributed by atoms with Crippen LogP contribution in [0.3, 0.4) is 0 Å². The van der Waals surface area contributed by atoms with Crippen molar-refractivity contribution in [2.75, 3.05) is 0 Å². The third-order valence-electron chi connectivity index (χ3n) is 1.37. The summed E-state index contributed by atoms with van der Waals surface area (Å²) in [6, 6.07) is 0. The van der Waals surface area contributed by atoms with Crippen LogP contribution in [0.2, 0.25) is 0 Å². The van der Waals surface area contributed by atoms with Gasteiger partial charge in [-0.05, 0) is 12.0 Å². The molecular weight excluding hydrogens is 169 g/mol. The minimum atomic E-state index is -4.44. The molecule has 0 bridgehead atoms. The zero-order valence-electron chi connectivity index (χ0n) is 6.39. The zero-order chi connectivity index (χ0) is 9.19. The number of hydrogen-bond acceptors (Lipinski definition) is 2. The third kappa shape index (κ3) is 1.93. The number of aromatic nitrogens is 2. The van der Waals surface area contributed by atoms with E-state index in [4.69, 9.17) is 0 Å². The molecule has 0 fully saturated rings. The molecule has 0 atom stereocenters. The topological polar surface area (TPSA) is 25.8 Å². The fourth-order valence-corrected chi connectivity index (χ4v) is 0.684. The van der Waals surface area contributed by atoms with E-state index in [9.17, 15) is 13.2 Å². The summed E-state index contributed by atoms with van der Waals surface area (Å²) in [5, 5.41) is 0. The van der Waals surface area contributed by atoms with Crippen LogP contribution in [-0.2, 0) is 12.6 Å². The van der Waals surface area contributed by atoms with E-state index in [0.29, 0.717) is 12.0 Å². The van der Waals surface area contributed by atoms with E-state index < -0.39 is 12.0 Å². The monoisotopic (exact) mass is 176 g/mol. The van der Waals surface area contributed by atoms with Crippen molar-refractivity contribution < 1.29 is 13.2 Å². The van der Waals surface area contributed by atoms with E-state index in [1.807, 2.05) is 6.92 Å². The highest BCUT2D eigenvalue weighted by Gasteiger charge is 2.34. The second kappa shape index (κ2) is 3.08. The lowest BCUT2D eigenvalue weighted by atomic mass is 10.3. The summed E-state index contributed by atoms with van der Waals surface area (Å²) in [5.41, 5.74) is 0.697. The number of alkyl halides is 3. The van der Waals surface area contributed by atoms with Gasteiger partial charge < -0.3 is 0 Å². The van der Waals surface area contributed by atoms with Gasteiger partial charge in [-0.15, -0.1) is 0 Å². The van der Waals surface area contributed by atoms with Crippen LogP contribution in [0.25, 0.3) is 0 Å². The Morgan fingerprint density at radius 2 is 1.75 bits per heavy atom. The number of nitrogens with zero attached hydrogens (tertiary/aromatic N) is 2. The van der Waals surface area contributed by atoms with Crippen LogP contribution < -0.4 is 0 Å². The van der Waals surface area contributed by atoms with Crippen LogP contribution in [0.1, 0.15) is 18.3 Å². The van der Waals surface area contributed by atoms with Crippen LogP contribution in [0.5, 0.6) is 0 Å². The second-order valence-corrected chi connectivity index (χ2v) is 2.27. The van der Waals surface area contributed by atoms with Crippen LogP contribution >= 0.6 is 0 Å². The predicted molar refractivity (Wildman–Crippen MR) is 36.4 cm³/mol. The zero-order valence-corrected chi connectivity index (χ0v) is 6.39. The first-order valence-electron chi connectivity index (χ1n) is 3.42. The van der Waals surface area contributed by atoms with E-state index in [0.717, 1.165) is 0 Å². The molecule has 0 amide bonds. The Hall–Kier alpha value is -1.13. The maximum Gasteiger partial charge on any atom is 0.451 e. The molecule has 12 heavy (non-hydrogen) atoms. The van der Waals surface area contributed by atoms with Crippen molar-refractivity contribution in [2.45, 2.75) is 19.5 Å². The molecule has 0 aliphatic rings. The summed E-state index contributed by atoms with van der Waals surface area (Å²) >= 11 is 0. The highest BCUT2D eigenvalue weighted by atomic mass is 19.4. The van der Waals surface area contributed by atoms with Gasteiger partial charge in [0.15, 0.2) is 0 Å². The van der Waals surface area contributed by atoms with E-state index in [1.165, 1.54) is 12.4 Å². The smallest absolute Gasteiger partial charge is 0.233 e. The SMILES string of the molecule is CCc1cnc(C(F)(F)F)nc1. The van der Waals surface area contributed by atoms with Gasteiger partial charge in [0.1, 0.15) is 0 Å². The van der Waals surface area contributed by atoms with Crippen molar-refractivity contribution in [3.05, 3.63) is 23.8 Å². The molecule has 0 saturated carbocycles. The van der Waals surface area contributed by atoms with Crippen molar-refractivity contribution >= 4 is 0 Å². The molecule has 0 aromatic carbocycles. The summed E-state index contributed by atoms with van der Waals surface area (Å²) in [7, 11) is 0. The lowest BCUT2D eigenvalue weighted by molar-refractivity contribution is -0.145. The van der Waals surface area contributed by atoms with Gasteiger partial charge >= 0.3 is 6.18 Å². The van der Waals surface area contributed by atoms with Crippen LogP contribution in [0, 0.1) is 0 Å². The molecule has 1 rings (SSSR count). The summed E-state index contributed by atoms with van der Waals surface area (Å²) in [6.45, 7) is 1.83. The van der Waals surface area contributed by atoms with Crippen molar-refractivity contribution in [1.29, 1.82) is 0 Å². The van der Waals surface area contributed by atoms with Gasteiger partial charge in [-0.1, -0.05) is 6.92 Å². The second-order valence-electron chi connectivity index (χ2n) is 2.27. The van der Waals surface area contributed by atoms with Crippen molar-refractivity contribution in [2.24, 2.45) is 0 Å². The minimum absolute atomic E-state index is 0.637. The van der Waals surface area contributed by atoms with Crippen molar-refractivity contribution in [1.82, 2.24) is 9.97 Å². The number of rotatable bonds is 1. The molecule has 66 valence electrons. The maximum absolute atomic E-state index is 11.9. The third-order valence-corrected chi connectivity index (χ3v) is 1.37. The summed E-state index contributed by atoms with van der Waals surface area (Å²) < 4.78 is 35.7. The largest absolute Gasteiger partial charge is 0.451 e. The summed E-state index contributed by atoms with van der Waals surface area (Å²) in [4.78, 5) is 6.37. The molecule has 0 spiro atoms. The number of aryl methyl sites for hydroxylation is 1. The lowest BCUT2D eigenvalue weighted by Gasteiger charge is -2.03. The van der Waals surface area contributed by atoms with E-state index in [1.54, 1.807) is 0 Å². The molecule has 0 unspecified atom stereocenters. The molecule has 0 saturated heterocycles. The average Bonchev–Trinajstić information content (AvgIpc) is 2.03. The highest BCUT2D eigenvalue weighted by molar-refractivity contribution is 5.05. The summed E-state index contributed by atoms with van der Waals surface area (Å²) in [6.07, 6.45) is -1.42. The summed E-state index contributed by atoms with van der Waals surface area (Å²) in [5.74, 6) is -1.08. The Bertz CT molecular complexity index is 252. The van der Waals surface area contributed by atoms with Gasteiger partial charge in [-0.25, -0.2) is 9.97 Å². The molecule has 0 aliphatic heterocycles. The van der Waals surface area contributed by atoms with Crippen molar-refractivity contribution in [3.63, 3.8) is 0 Å². The first-order valence-corrected chi connectivity index (χ1v) is 3.42. The lowest BCUT2D eigenvalue weighted by Crippen LogP contribution is -2.10. The van der Waals surface area contributed by atoms with Crippen LogP contribution in [-0.4, -0.2) is 9.97 Å². The molecule has 1 aromatic heterocycles. The molecule has 0 radical (unpaired) electrons. The fraction of sp³-hybridized carbons (Fsp3) is 0.429. The quantitative estimate of drug-likeness (QED) is 0.654. The Balaban J connectivity index is 2.93. The molecule has 5 heteroatoms. The Morgan fingerprint density at radius 1 is 1.25 bits per heavy atom. The van der Waals surface area contributed by atoms with E-state index in [-0.39, 0.29) is 0 Å². The molecule has 0 N–H and O–H groups in total. The first-order chi connectivity index (χ1) is 5.54. The first kappa shape index (κ1) is 8.96. The number of halogens is 3. The van der Waals surface area contributed by atoms with Gasteiger partial charge in [-0.3, -0.25) is 0 Å². The molecule has 0 aliphatic carbocycles. The standard InChI is InChI=1S/C7H7F3N2/c1-2-5-3-11-6(12-4-5)7(8,9)10/h3-4H,2H2,1H3. The molecular formula is C7H7F3N2. The average molecular weight is 176 g/mol. The highest BCUT2D eigenvalue weighted by Crippen LogP contribution is 2.25. The van der Waals surface area contributed by atoms with Gasteiger partial charge in [0.25, 0.3) is 0 Å². The Morgan fingerprint density at radius 3 is 2.08 bits per heavy atom. The van der Waals surface area contributed by atoms with Crippen LogP contribution in [0.15, 0.2) is 12.4 Å². The molecule has 2 nitrogen and oxygen atoms in total. The molecule has 1 heterocycles. The molecule has 1 aromatic rings. The normalized spacial score (nSPS) is 11.7. The van der Waals surface area contributed by atoms with Gasteiger partial charge in [0.2, 0.25) is 5.82 Å². The van der Waals surface area contributed by atoms with Gasteiger partial charge in [0.05, 0.1) is 0 Å². The Labute approximate surface area is 67.5 Å². The fourth-order valence-electron chi connectivity index (χ4n) is 0.684. The maximum atomic E-state index is 11.9. The van der Waals surface area contributed by atoms with E-state index in [2.05, 4.69) is 9.97 Å². The van der Waals surface area contributed by atoms with Crippen LogP contribution in [0.4, 0.5) is 13.2 Å². The minimum Gasteiger partial charge on any atom is -0.233 e. The Kier molecular flexibility index (Phi) is 2.30.